The molecule has 0 unspecified atom stereocenters. The maximum absolute atomic E-state index is 14.0. The first-order valence-corrected chi connectivity index (χ1v) is 14.0. The van der Waals surface area contributed by atoms with Crippen LogP contribution in [0.25, 0.3) is 15.9 Å². The maximum atomic E-state index is 14.0. The summed E-state index contributed by atoms with van der Waals surface area (Å²) in [5.41, 5.74) is 3.07. The molecule has 9 heteroatoms. The summed E-state index contributed by atoms with van der Waals surface area (Å²) in [6, 6.07) is 15.0. The van der Waals surface area contributed by atoms with E-state index in [1.54, 1.807) is 4.57 Å². The summed E-state index contributed by atoms with van der Waals surface area (Å²) in [4.78, 5) is 33.4. The molecule has 192 valence electrons. The van der Waals surface area contributed by atoms with Crippen LogP contribution in [0.3, 0.4) is 0 Å². The highest BCUT2D eigenvalue weighted by molar-refractivity contribution is 7.99. The van der Waals surface area contributed by atoms with Crippen molar-refractivity contribution in [2.45, 2.75) is 51.5 Å². The molecule has 7 nitrogen and oxygen atoms in total. The van der Waals surface area contributed by atoms with Gasteiger partial charge < -0.3 is 14.8 Å². The summed E-state index contributed by atoms with van der Waals surface area (Å²) in [6.07, 6.45) is 0.647. The average Bonchev–Trinajstić information content (AvgIpc) is 3.22. The Bertz CT molecular complexity index is 1510. The number of rotatable bonds is 7. The van der Waals surface area contributed by atoms with Gasteiger partial charge in [-0.15, -0.1) is 11.3 Å². The molecule has 1 aliphatic rings. The summed E-state index contributed by atoms with van der Waals surface area (Å²) in [5.74, 6) is 0.679. The zero-order valence-electron chi connectivity index (χ0n) is 21.3. The number of thiophene rings is 1. The quantitative estimate of drug-likeness (QED) is 0.240. The van der Waals surface area contributed by atoms with Crippen LogP contribution in [0.1, 0.15) is 36.8 Å². The van der Waals surface area contributed by atoms with Gasteiger partial charge in [-0.3, -0.25) is 14.2 Å². The van der Waals surface area contributed by atoms with Crippen LogP contribution in [-0.4, -0.2) is 33.4 Å². The first-order valence-electron chi connectivity index (χ1n) is 12.2. The number of hydrogen-bond donors (Lipinski definition) is 1. The van der Waals surface area contributed by atoms with Crippen molar-refractivity contribution in [1.82, 2.24) is 9.55 Å². The lowest BCUT2D eigenvalue weighted by Crippen LogP contribution is -2.32. The molecule has 0 saturated heterocycles. The Labute approximate surface area is 223 Å². The van der Waals surface area contributed by atoms with E-state index in [-0.39, 0.29) is 22.8 Å². The Hall–Kier alpha value is -3.14. The fourth-order valence-electron chi connectivity index (χ4n) is 4.32. The van der Waals surface area contributed by atoms with E-state index >= 15 is 0 Å². The Balaban J connectivity index is 1.53. The van der Waals surface area contributed by atoms with E-state index in [1.165, 1.54) is 23.1 Å². The van der Waals surface area contributed by atoms with Crippen LogP contribution in [0, 0.1) is 6.92 Å². The van der Waals surface area contributed by atoms with Crippen LogP contribution in [0.2, 0.25) is 0 Å². The number of amides is 1. The number of nitrogens with zero attached hydrogens (tertiary/aromatic N) is 2. The average molecular weight is 536 g/mol. The number of aromatic nitrogens is 2. The van der Waals surface area contributed by atoms with Crippen molar-refractivity contribution in [1.29, 1.82) is 0 Å². The van der Waals surface area contributed by atoms with E-state index in [9.17, 15) is 9.59 Å². The molecule has 2 aromatic heterocycles. The second kappa shape index (κ2) is 10.3. The molecular formula is C28H29N3O4S2. The number of carbonyl (C=O) groups excluding carboxylic acids is 1. The lowest BCUT2D eigenvalue weighted by atomic mass is 9.94. The molecule has 1 N–H and O–H groups in total. The minimum Gasteiger partial charge on any atom is -0.494 e. The summed E-state index contributed by atoms with van der Waals surface area (Å²) < 4.78 is 13.2. The van der Waals surface area contributed by atoms with Crippen molar-refractivity contribution in [2.75, 3.05) is 17.7 Å². The van der Waals surface area contributed by atoms with Gasteiger partial charge in [-0.1, -0.05) is 29.5 Å². The first kappa shape index (κ1) is 25.5. The van der Waals surface area contributed by atoms with Gasteiger partial charge in [0.2, 0.25) is 5.91 Å². The van der Waals surface area contributed by atoms with E-state index < -0.39 is 0 Å². The van der Waals surface area contributed by atoms with Gasteiger partial charge >= 0.3 is 0 Å². The lowest BCUT2D eigenvalue weighted by molar-refractivity contribution is -0.113. The number of nitrogens with one attached hydrogen (secondary N) is 1. The third-order valence-electron chi connectivity index (χ3n) is 6.15. The Morgan fingerprint density at radius 2 is 1.92 bits per heavy atom. The smallest absolute Gasteiger partial charge is 0.267 e. The van der Waals surface area contributed by atoms with E-state index in [1.807, 2.05) is 76.2 Å². The molecule has 37 heavy (non-hydrogen) atoms. The minimum atomic E-state index is -0.348. The van der Waals surface area contributed by atoms with Gasteiger partial charge in [0.15, 0.2) is 5.16 Å². The van der Waals surface area contributed by atoms with Crippen molar-refractivity contribution in [2.24, 2.45) is 0 Å². The highest BCUT2D eigenvalue weighted by atomic mass is 32.2. The number of carbonyl (C=O) groups is 1. The molecule has 0 saturated carbocycles. The summed E-state index contributed by atoms with van der Waals surface area (Å²) in [5, 5.41) is 4.02. The molecule has 3 heterocycles. The minimum absolute atomic E-state index is 0.115. The fourth-order valence-corrected chi connectivity index (χ4v) is 6.28. The van der Waals surface area contributed by atoms with Gasteiger partial charge in [0.1, 0.15) is 10.6 Å². The van der Waals surface area contributed by atoms with E-state index in [2.05, 4.69) is 5.32 Å². The highest BCUT2D eigenvalue weighted by Gasteiger charge is 2.31. The van der Waals surface area contributed by atoms with E-state index in [4.69, 9.17) is 14.5 Å². The third-order valence-corrected chi connectivity index (χ3v) is 8.19. The van der Waals surface area contributed by atoms with Gasteiger partial charge in [-0.2, -0.15) is 0 Å². The number of benzene rings is 2. The predicted octanol–water partition coefficient (Wildman–Crippen LogP) is 5.74. The highest BCUT2D eigenvalue weighted by Crippen LogP contribution is 2.38. The molecule has 0 fully saturated rings. The zero-order valence-corrected chi connectivity index (χ0v) is 22.9. The molecule has 4 aromatic rings. The summed E-state index contributed by atoms with van der Waals surface area (Å²) in [7, 11) is 0. The zero-order chi connectivity index (χ0) is 26.2. The number of ether oxygens (including phenoxy) is 2. The normalized spacial score (nSPS) is 14.4. The maximum Gasteiger partial charge on any atom is 0.267 e. The monoisotopic (exact) mass is 535 g/mol. The third kappa shape index (κ3) is 5.44. The molecular weight excluding hydrogens is 506 g/mol. The van der Waals surface area contributed by atoms with Gasteiger partial charge in [0.25, 0.3) is 5.56 Å². The molecule has 0 aliphatic carbocycles. The van der Waals surface area contributed by atoms with Gasteiger partial charge in [0.05, 0.1) is 35.6 Å². The molecule has 5 rings (SSSR count). The summed E-state index contributed by atoms with van der Waals surface area (Å²) in [6.45, 7) is 9.02. The number of fused-ring (bicyclic) bond motifs is 3. The Kier molecular flexibility index (Phi) is 7.11. The van der Waals surface area contributed by atoms with E-state index in [0.29, 0.717) is 40.7 Å². The number of thioether (sulfide) groups is 1. The molecule has 0 spiro atoms. The molecule has 1 aliphatic heterocycles. The van der Waals surface area contributed by atoms with Crippen LogP contribution < -0.4 is 15.6 Å². The van der Waals surface area contributed by atoms with Crippen molar-refractivity contribution in [3.05, 3.63) is 74.9 Å². The fraction of sp³-hybridized carbons (Fsp3) is 0.321. The number of anilines is 1. The standard InChI is InChI=1S/C28H29N3O4S2/c1-5-34-20-12-10-19(11-13-20)31-26(33)24-21-14-28(3,4)35-15-22(21)37-25(24)30-27(31)36-16-23(32)29-18-8-6-17(2)7-9-18/h6-13H,5,14-16H2,1-4H3,(H,29,32). The van der Waals surface area contributed by atoms with Crippen molar-refractivity contribution in [3.63, 3.8) is 0 Å². The van der Waals surface area contributed by atoms with Crippen LogP contribution in [0.5, 0.6) is 5.75 Å². The van der Waals surface area contributed by atoms with Crippen LogP contribution in [-0.2, 0) is 22.6 Å². The predicted molar refractivity (Wildman–Crippen MR) is 149 cm³/mol. The van der Waals surface area contributed by atoms with Crippen molar-refractivity contribution < 1.29 is 14.3 Å². The SMILES string of the molecule is CCOc1ccc(-n2c(SCC(=O)Nc3ccc(C)cc3)nc3sc4c(c3c2=O)CC(C)(C)OC4)cc1. The Morgan fingerprint density at radius 1 is 1.19 bits per heavy atom. The number of aryl methyl sites for hydroxylation is 1. The number of hydrogen-bond acceptors (Lipinski definition) is 7. The van der Waals surface area contributed by atoms with Crippen LogP contribution in [0.15, 0.2) is 58.5 Å². The molecule has 2 aromatic carbocycles. The largest absolute Gasteiger partial charge is 0.494 e. The molecule has 1 amide bonds. The lowest BCUT2D eigenvalue weighted by Gasteiger charge is -2.29. The second-order valence-corrected chi connectivity index (χ2v) is 11.6. The molecule has 0 radical (unpaired) electrons. The van der Waals surface area contributed by atoms with Crippen LogP contribution >= 0.6 is 23.1 Å². The topological polar surface area (TPSA) is 82.5 Å². The Morgan fingerprint density at radius 3 is 2.62 bits per heavy atom. The van der Waals surface area contributed by atoms with Crippen molar-refractivity contribution in [3.8, 4) is 11.4 Å². The summed E-state index contributed by atoms with van der Waals surface area (Å²) >= 11 is 2.74. The van der Waals surface area contributed by atoms with Gasteiger partial charge in [-0.25, -0.2) is 4.98 Å². The second-order valence-electron chi connectivity index (χ2n) is 9.57. The molecule has 0 atom stereocenters. The first-order chi connectivity index (χ1) is 17.7. The van der Waals surface area contributed by atoms with Gasteiger partial charge in [0, 0.05) is 17.0 Å². The molecule has 0 bridgehead atoms. The van der Waals surface area contributed by atoms with Gasteiger partial charge in [-0.05, 0) is 69.7 Å². The van der Waals surface area contributed by atoms with Crippen molar-refractivity contribution >= 4 is 44.9 Å². The van der Waals surface area contributed by atoms with Crippen LogP contribution in [0.4, 0.5) is 5.69 Å². The van der Waals surface area contributed by atoms with E-state index in [0.717, 1.165) is 27.4 Å².